The number of hydrogen-bond acceptors (Lipinski definition) is 9. The zero-order chi connectivity index (χ0) is 23.9. The van der Waals surface area contributed by atoms with Crippen LogP contribution >= 0.6 is 8.25 Å². The van der Waals surface area contributed by atoms with Crippen molar-refractivity contribution in [2.24, 2.45) is 0 Å². The molecule has 0 radical (unpaired) electrons. The van der Waals surface area contributed by atoms with Gasteiger partial charge in [0, 0.05) is 27.1 Å². The molecule has 0 saturated heterocycles. The second kappa shape index (κ2) is 10.9. The van der Waals surface area contributed by atoms with Gasteiger partial charge in [0.25, 0.3) is 0 Å². The van der Waals surface area contributed by atoms with E-state index in [2.05, 4.69) is 9.44 Å². The number of sulfonamides is 2. The van der Waals surface area contributed by atoms with E-state index < -0.39 is 28.3 Å². The minimum absolute atomic E-state index is 0.176. The molecule has 11 nitrogen and oxygen atoms in total. The van der Waals surface area contributed by atoms with Crippen LogP contribution in [0.15, 0.2) is 36.4 Å². The van der Waals surface area contributed by atoms with E-state index in [9.17, 15) is 21.4 Å². The maximum absolute atomic E-state index is 12.2. The summed E-state index contributed by atoms with van der Waals surface area (Å²) in [5.74, 6) is 0.822. The van der Waals surface area contributed by atoms with Crippen LogP contribution in [-0.2, 0) is 46.9 Å². The molecule has 2 rings (SSSR count). The van der Waals surface area contributed by atoms with Crippen LogP contribution in [0.5, 0.6) is 11.5 Å². The lowest BCUT2D eigenvalue weighted by Gasteiger charge is -2.10. The molecule has 176 valence electrons. The van der Waals surface area contributed by atoms with Gasteiger partial charge >= 0.3 is 8.25 Å². The number of methoxy groups -OCH3 is 2. The first-order valence-electron chi connectivity index (χ1n) is 8.92. The highest BCUT2D eigenvalue weighted by Crippen LogP contribution is 2.33. The van der Waals surface area contributed by atoms with E-state index in [1.807, 2.05) is 0 Å². The third kappa shape index (κ3) is 8.60. The Bertz CT molecular complexity index is 1090. The van der Waals surface area contributed by atoms with Gasteiger partial charge < -0.3 is 9.47 Å². The molecule has 2 aromatic carbocycles. The fraction of sp³-hybridized carbons (Fsp3) is 0.333. The van der Waals surface area contributed by atoms with Crippen LogP contribution in [0.4, 0.5) is 11.4 Å². The fourth-order valence-electron chi connectivity index (χ4n) is 2.62. The average Bonchev–Trinajstić information content (AvgIpc) is 2.68. The third-order valence-corrected chi connectivity index (χ3v) is 5.71. The van der Waals surface area contributed by atoms with Gasteiger partial charge in [-0.05, 0) is 36.4 Å². The monoisotopic (exact) mass is 507 g/mol. The van der Waals surface area contributed by atoms with Gasteiger partial charge in [-0.15, -0.1) is 9.05 Å². The molecule has 32 heavy (non-hydrogen) atoms. The summed E-state index contributed by atoms with van der Waals surface area (Å²) in [5, 5.41) is 0. The zero-order valence-electron chi connectivity index (χ0n) is 17.8. The van der Waals surface area contributed by atoms with Crippen LogP contribution in [-0.4, -0.2) is 43.6 Å². The van der Waals surface area contributed by atoms with E-state index >= 15 is 0 Å². The SMILES string of the molecule is COc1ccc(NS(C)(=O)=O)cc1CO[P+](=O)OCc1cc(NS(C)(=O)=O)ccc1OC. The molecule has 2 aromatic rings. The van der Waals surface area contributed by atoms with Gasteiger partial charge in [0.15, 0.2) is 0 Å². The predicted octanol–water partition coefficient (Wildman–Crippen LogP) is 2.84. The van der Waals surface area contributed by atoms with Crippen molar-refractivity contribution in [1.82, 2.24) is 0 Å². The van der Waals surface area contributed by atoms with Crippen LogP contribution < -0.4 is 18.9 Å². The second-order valence-electron chi connectivity index (χ2n) is 6.57. The van der Waals surface area contributed by atoms with E-state index in [4.69, 9.17) is 18.5 Å². The minimum atomic E-state index is -3.47. The largest absolute Gasteiger partial charge is 0.698 e. The highest BCUT2D eigenvalue weighted by molar-refractivity contribution is 7.92. The normalized spacial score (nSPS) is 11.6. The van der Waals surface area contributed by atoms with E-state index in [1.54, 1.807) is 12.1 Å². The van der Waals surface area contributed by atoms with Crippen molar-refractivity contribution in [3.05, 3.63) is 47.5 Å². The van der Waals surface area contributed by atoms with Crippen LogP contribution in [0.1, 0.15) is 11.1 Å². The Kier molecular flexibility index (Phi) is 8.81. The Morgan fingerprint density at radius 2 is 1.12 bits per heavy atom. The first kappa shape index (κ1) is 25.8. The molecular weight excluding hydrogens is 483 g/mol. The second-order valence-corrected chi connectivity index (χ2v) is 11.0. The average molecular weight is 508 g/mol. The van der Waals surface area contributed by atoms with Crippen molar-refractivity contribution in [2.45, 2.75) is 13.2 Å². The number of nitrogens with one attached hydrogen (secondary N) is 2. The lowest BCUT2D eigenvalue weighted by molar-refractivity contribution is 0.209. The summed E-state index contributed by atoms with van der Waals surface area (Å²) in [6.45, 7) is -0.352. The van der Waals surface area contributed by atoms with E-state index in [0.29, 0.717) is 34.0 Å². The molecular formula is C18H24N2O9PS2+. The number of benzene rings is 2. The summed E-state index contributed by atoms with van der Waals surface area (Å²) in [4.78, 5) is 0. The molecule has 0 atom stereocenters. The summed E-state index contributed by atoms with van der Waals surface area (Å²) in [6, 6.07) is 9.11. The van der Waals surface area contributed by atoms with Crippen molar-refractivity contribution in [1.29, 1.82) is 0 Å². The molecule has 0 unspecified atom stereocenters. The molecule has 0 fully saturated rings. The van der Waals surface area contributed by atoms with Gasteiger partial charge in [0.2, 0.25) is 20.0 Å². The highest BCUT2D eigenvalue weighted by atomic mass is 32.2. The van der Waals surface area contributed by atoms with Crippen LogP contribution in [0.25, 0.3) is 0 Å². The minimum Gasteiger partial charge on any atom is -0.496 e. The zero-order valence-corrected chi connectivity index (χ0v) is 20.3. The molecule has 2 N–H and O–H groups in total. The number of anilines is 2. The third-order valence-electron chi connectivity index (χ3n) is 3.82. The maximum atomic E-state index is 12.2. The fourth-order valence-corrected chi connectivity index (χ4v) is 4.29. The summed E-state index contributed by atoms with van der Waals surface area (Å²) in [5.41, 5.74) is 1.49. The van der Waals surface area contributed by atoms with Crippen molar-refractivity contribution < 1.29 is 39.9 Å². The number of hydrogen-bond donors (Lipinski definition) is 2. The predicted molar refractivity (Wildman–Crippen MR) is 120 cm³/mol. The van der Waals surface area contributed by atoms with Gasteiger partial charge in [-0.3, -0.25) is 9.44 Å². The van der Waals surface area contributed by atoms with Gasteiger partial charge in [0.05, 0.1) is 26.7 Å². The molecule has 0 aliphatic rings. The summed E-state index contributed by atoms with van der Waals surface area (Å²) >= 11 is 0. The highest BCUT2D eigenvalue weighted by Gasteiger charge is 2.23. The molecule has 0 bridgehead atoms. The van der Waals surface area contributed by atoms with Crippen molar-refractivity contribution in [3.8, 4) is 11.5 Å². The van der Waals surface area contributed by atoms with E-state index in [0.717, 1.165) is 12.5 Å². The number of ether oxygens (including phenoxy) is 2. The summed E-state index contributed by atoms with van der Waals surface area (Å²) in [6.07, 6.45) is 2.04. The lowest BCUT2D eigenvalue weighted by atomic mass is 10.2. The van der Waals surface area contributed by atoms with Crippen molar-refractivity contribution >= 4 is 39.7 Å². The van der Waals surface area contributed by atoms with Gasteiger partial charge in [-0.1, -0.05) is 0 Å². The molecule has 0 heterocycles. The summed E-state index contributed by atoms with van der Waals surface area (Å²) < 4.78 is 83.5. The molecule has 0 amide bonds. The van der Waals surface area contributed by atoms with E-state index in [1.165, 1.54) is 38.5 Å². The molecule has 0 aliphatic heterocycles. The smallest absolute Gasteiger partial charge is 0.496 e. The van der Waals surface area contributed by atoms with Crippen LogP contribution in [0.2, 0.25) is 0 Å². The molecule has 0 aliphatic carbocycles. The number of rotatable bonds is 12. The van der Waals surface area contributed by atoms with Gasteiger partial charge in [-0.2, -0.15) is 0 Å². The Morgan fingerprint density at radius 1 is 0.750 bits per heavy atom. The Morgan fingerprint density at radius 3 is 1.44 bits per heavy atom. The first-order valence-corrected chi connectivity index (χ1v) is 13.8. The molecule has 14 heteroatoms. The summed E-state index contributed by atoms with van der Waals surface area (Å²) in [7, 11) is -6.66. The maximum Gasteiger partial charge on any atom is 0.698 e. The van der Waals surface area contributed by atoms with Crippen molar-refractivity contribution in [2.75, 3.05) is 36.2 Å². The Hall–Kier alpha value is -2.44. The van der Waals surface area contributed by atoms with Crippen LogP contribution in [0, 0.1) is 0 Å². The first-order chi connectivity index (χ1) is 14.9. The van der Waals surface area contributed by atoms with Gasteiger partial charge in [-0.25, -0.2) is 16.8 Å². The molecule has 0 aromatic heterocycles. The molecule has 0 saturated carbocycles. The lowest BCUT2D eigenvalue weighted by Crippen LogP contribution is -2.10. The van der Waals surface area contributed by atoms with Crippen molar-refractivity contribution in [3.63, 3.8) is 0 Å². The van der Waals surface area contributed by atoms with Crippen LogP contribution in [0.3, 0.4) is 0 Å². The Labute approximate surface area is 188 Å². The Balaban J connectivity index is 2.05. The standard InChI is InChI=1S/C18H24N2O9PS2/c1-26-17-7-5-15(19-31(3,22)23)9-13(17)11-28-30(21)29-12-14-10-16(20-32(4,24)25)6-8-18(14)27-2/h5-10,19-20H,11-12H2,1-4H3/q+1. The molecule has 0 spiro atoms. The van der Waals surface area contributed by atoms with Gasteiger partial charge in [0.1, 0.15) is 24.7 Å². The van der Waals surface area contributed by atoms with E-state index in [-0.39, 0.29) is 13.2 Å². The quantitative estimate of drug-likeness (QED) is 0.414. The topological polar surface area (TPSA) is 146 Å².